The molecule has 2 aromatic rings. The molecule has 1 heterocycles. The first kappa shape index (κ1) is 11.9. The third-order valence-corrected chi connectivity index (χ3v) is 4.05. The maximum absolute atomic E-state index is 4.30. The molecule has 0 unspecified atom stereocenters. The minimum Gasteiger partial charge on any atom is -0.303 e. The highest BCUT2D eigenvalue weighted by molar-refractivity contribution is 9.10. The van der Waals surface area contributed by atoms with Gasteiger partial charge in [-0.25, -0.2) is 4.98 Å². The molecule has 2 nitrogen and oxygen atoms in total. The molecule has 0 aliphatic heterocycles. The first-order chi connectivity index (χ1) is 7.63. The number of aromatic nitrogens is 2. The molecule has 0 amide bonds. The van der Waals surface area contributed by atoms with E-state index in [-0.39, 0.29) is 0 Å². The third-order valence-electron chi connectivity index (χ3n) is 2.71. The Morgan fingerprint density at radius 3 is 2.56 bits per heavy atom. The second-order valence-electron chi connectivity index (χ2n) is 3.69. The summed E-state index contributed by atoms with van der Waals surface area (Å²) in [5, 5.41) is 0.857. The van der Waals surface area contributed by atoms with Crippen LogP contribution in [0.4, 0.5) is 0 Å². The number of halogens is 2. The molecule has 0 aliphatic carbocycles. The molecular weight excluding hydrogens is 332 g/mol. The number of benzene rings is 1. The van der Waals surface area contributed by atoms with Crippen molar-refractivity contribution in [3.63, 3.8) is 0 Å². The molecule has 0 fully saturated rings. The fourth-order valence-electron chi connectivity index (χ4n) is 1.55. The maximum atomic E-state index is 4.30. The Morgan fingerprint density at radius 1 is 1.31 bits per heavy atom. The van der Waals surface area contributed by atoms with Gasteiger partial charge in [0.2, 0.25) is 0 Å². The molecule has 1 aromatic carbocycles. The van der Waals surface area contributed by atoms with Crippen molar-refractivity contribution in [2.45, 2.75) is 19.2 Å². The molecule has 0 saturated heterocycles. The molecule has 0 spiro atoms. The summed E-state index contributed by atoms with van der Waals surface area (Å²) in [5.41, 5.74) is 4.63. The molecule has 4 heteroatoms. The van der Waals surface area contributed by atoms with Crippen LogP contribution in [0.3, 0.4) is 0 Å². The van der Waals surface area contributed by atoms with Crippen LogP contribution in [0.2, 0.25) is 0 Å². The summed E-state index contributed by atoms with van der Waals surface area (Å²) in [6.07, 6.45) is 1.86. The predicted octanol–water partition coefficient (Wildman–Crippen LogP) is 4.15. The SMILES string of the molecule is Cc1ncn(-c2ccc(CBr)c(Br)c2)c1C. The number of hydrogen-bond donors (Lipinski definition) is 0. The summed E-state index contributed by atoms with van der Waals surface area (Å²) in [4.78, 5) is 4.30. The van der Waals surface area contributed by atoms with Gasteiger partial charge in [0.15, 0.2) is 0 Å². The number of alkyl halides is 1. The van der Waals surface area contributed by atoms with Gasteiger partial charge < -0.3 is 4.57 Å². The van der Waals surface area contributed by atoms with E-state index in [4.69, 9.17) is 0 Å². The molecule has 1 aromatic heterocycles. The van der Waals surface area contributed by atoms with Crippen LogP contribution in [-0.4, -0.2) is 9.55 Å². The lowest BCUT2D eigenvalue weighted by atomic mass is 10.2. The van der Waals surface area contributed by atoms with Gasteiger partial charge in [-0.2, -0.15) is 0 Å². The van der Waals surface area contributed by atoms with Crippen LogP contribution in [0.5, 0.6) is 0 Å². The summed E-state index contributed by atoms with van der Waals surface area (Å²) in [7, 11) is 0. The summed E-state index contributed by atoms with van der Waals surface area (Å²) >= 11 is 7.03. The van der Waals surface area contributed by atoms with E-state index in [1.165, 1.54) is 11.3 Å². The highest BCUT2D eigenvalue weighted by atomic mass is 79.9. The summed E-state index contributed by atoms with van der Waals surface area (Å²) in [6.45, 7) is 4.10. The number of aryl methyl sites for hydroxylation is 1. The van der Waals surface area contributed by atoms with Crippen LogP contribution in [-0.2, 0) is 5.33 Å². The van der Waals surface area contributed by atoms with Crippen molar-refractivity contribution in [1.82, 2.24) is 9.55 Å². The van der Waals surface area contributed by atoms with Crippen molar-refractivity contribution >= 4 is 31.9 Å². The van der Waals surface area contributed by atoms with Crippen molar-refractivity contribution in [2.75, 3.05) is 0 Å². The second-order valence-corrected chi connectivity index (χ2v) is 5.11. The summed E-state index contributed by atoms with van der Waals surface area (Å²) in [5.74, 6) is 0. The van der Waals surface area contributed by atoms with Crippen molar-refractivity contribution in [3.05, 3.63) is 46.0 Å². The van der Waals surface area contributed by atoms with E-state index in [0.29, 0.717) is 0 Å². The first-order valence-corrected chi connectivity index (χ1v) is 6.90. The lowest BCUT2D eigenvalue weighted by Crippen LogP contribution is -1.96. The van der Waals surface area contributed by atoms with Gasteiger partial charge in [-0.3, -0.25) is 0 Å². The lowest BCUT2D eigenvalue weighted by molar-refractivity contribution is 0.998. The molecule has 0 bridgehead atoms. The van der Waals surface area contributed by atoms with Crippen LogP contribution in [0, 0.1) is 13.8 Å². The maximum Gasteiger partial charge on any atom is 0.0997 e. The predicted molar refractivity (Wildman–Crippen MR) is 73.4 cm³/mol. The van der Waals surface area contributed by atoms with Crippen molar-refractivity contribution in [2.24, 2.45) is 0 Å². The van der Waals surface area contributed by atoms with Crippen molar-refractivity contribution in [1.29, 1.82) is 0 Å². The average Bonchev–Trinajstić information content (AvgIpc) is 2.60. The van der Waals surface area contributed by atoms with Crippen molar-refractivity contribution < 1.29 is 0 Å². The molecular formula is C12H12Br2N2. The molecule has 0 aliphatic rings. The first-order valence-electron chi connectivity index (χ1n) is 4.99. The smallest absolute Gasteiger partial charge is 0.0997 e. The quantitative estimate of drug-likeness (QED) is 0.749. The molecule has 2 rings (SSSR count). The van der Waals surface area contributed by atoms with Gasteiger partial charge in [0.05, 0.1) is 12.0 Å². The van der Waals surface area contributed by atoms with Gasteiger partial charge >= 0.3 is 0 Å². The zero-order valence-electron chi connectivity index (χ0n) is 9.17. The minimum atomic E-state index is 0.857. The van der Waals surface area contributed by atoms with E-state index in [0.717, 1.165) is 21.2 Å². The normalized spacial score (nSPS) is 10.8. The van der Waals surface area contributed by atoms with Crippen LogP contribution in [0.15, 0.2) is 29.0 Å². The molecule has 0 radical (unpaired) electrons. The van der Waals surface area contributed by atoms with E-state index in [1.807, 2.05) is 13.3 Å². The third kappa shape index (κ3) is 2.09. The van der Waals surface area contributed by atoms with Gasteiger partial charge in [-0.1, -0.05) is 37.9 Å². The Labute approximate surface area is 112 Å². The lowest BCUT2D eigenvalue weighted by Gasteiger charge is -2.08. The molecule has 84 valence electrons. The summed E-state index contributed by atoms with van der Waals surface area (Å²) < 4.78 is 3.21. The number of hydrogen-bond acceptors (Lipinski definition) is 1. The molecule has 16 heavy (non-hydrogen) atoms. The topological polar surface area (TPSA) is 17.8 Å². The number of rotatable bonds is 2. The fraction of sp³-hybridized carbons (Fsp3) is 0.250. The van der Waals surface area contributed by atoms with Gasteiger partial charge in [0.1, 0.15) is 0 Å². The second kappa shape index (κ2) is 4.72. The highest BCUT2D eigenvalue weighted by Crippen LogP contribution is 2.24. The Bertz CT molecular complexity index is 518. The van der Waals surface area contributed by atoms with E-state index in [9.17, 15) is 0 Å². The number of nitrogens with zero attached hydrogens (tertiary/aromatic N) is 2. The van der Waals surface area contributed by atoms with Gasteiger partial charge in [-0.15, -0.1) is 0 Å². The Hall–Kier alpha value is -0.610. The minimum absolute atomic E-state index is 0.857. The fourth-order valence-corrected chi connectivity index (χ4v) is 2.93. The van der Waals surface area contributed by atoms with Crippen LogP contribution < -0.4 is 0 Å². The van der Waals surface area contributed by atoms with Crippen molar-refractivity contribution in [3.8, 4) is 5.69 Å². The monoisotopic (exact) mass is 342 g/mol. The molecule has 0 atom stereocenters. The highest BCUT2D eigenvalue weighted by Gasteiger charge is 2.06. The Balaban J connectivity index is 2.49. The standard InChI is InChI=1S/C12H12Br2N2/c1-8-9(2)16(7-15-8)11-4-3-10(6-13)12(14)5-11/h3-5,7H,6H2,1-2H3. The zero-order valence-corrected chi connectivity index (χ0v) is 12.3. The van der Waals surface area contributed by atoms with E-state index >= 15 is 0 Å². The van der Waals surface area contributed by atoms with Gasteiger partial charge in [0.25, 0.3) is 0 Å². The number of imidazole rings is 1. The van der Waals surface area contributed by atoms with Crippen LogP contribution in [0.25, 0.3) is 5.69 Å². The zero-order chi connectivity index (χ0) is 11.7. The van der Waals surface area contributed by atoms with Gasteiger partial charge in [-0.05, 0) is 31.5 Å². The molecule has 0 N–H and O–H groups in total. The Kier molecular flexibility index (Phi) is 3.50. The molecule has 0 saturated carbocycles. The van der Waals surface area contributed by atoms with Gasteiger partial charge in [0, 0.05) is 21.2 Å². The van der Waals surface area contributed by atoms with Crippen LogP contribution in [0.1, 0.15) is 17.0 Å². The average molecular weight is 344 g/mol. The Morgan fingerprint density at radius 2 is 2.06 bits per heavy atom. The van der Waals surface area contributed by atoms with E-state index in [1.54, 1.807) is 0 Å². The van der Waals surface area contributed by atoms with E-state index < -0.39 is 0 Å². The van der Waals surface area contributed by atoms with E-state index in [2.05, 4.69) is 66.5 Å². The largest absolute Gasteiger partial charge is 0.303 e. The van der Waals surface area contributed by atoms with Crippen LogP contribution >= 0.6 is 31.9 Å². The summed E-state index contributed by atoms with van der Waals surface area (Å²) in [6, 6.07) is 6.34.